The maximum absolute atomic E-state index is 12.4. The van der Waals surface area contributed by atoms with E-state index in [2.05, 4.69) is 18.2 Å². The minimum atomic E-state index is 0. The summed E-state index contributed by atoms with van der Waals surface area (Å²) in [6.45, 7) is 1.60. The number of rotatable bonds is 2. The maximum Gasteiger partial charge on any atom is 0.227 e. The number of nitrogens with zero attached hydrogens (tertiary/aromatic N) is 1. The molecule has 0 spiro atoms. The summed E-state index contributed by atoms with van der Waals surface area (Å²) < 4.78 is 0. The van der Waals surface area contributed by atoms with E-state index in [9.17, 15) is 4.79 Å². The van der Waals surface area contributed by atoms with Crippen molar-refractivity contribution < 1.29 is 4.79 Å². The van der Waals surface area contributed by atoms with Crippen molar-refractivity contribution in [2.24, 2.45) is 5.73 Å². The first-order valence-corrected chi connectivity index (χ1v) is 7.86. The molecule has 1 saturated heterocycles. The standard InChI is InChI=1S/C17H24N2O.ClH/c18-16-6-3-9-19(12-16)17(20)11-13-7-8-14-4-1-2-5-15(14)10-13;/h7-8,10,16H,1-6,9,11-12,18H2;1H. The predicted molar refractivity (Wildman–Crippen MR) is 87.8 cm³/mol. The smallest absolute Gasteiger partial charge is 0.227 e. The molecule has 1 aromatic carbocycles. The van der Waals surface area contributed by atoms with Crippen molar-refractivity contribution in [2.75, 3.05) is 13.1 Å². The number of amides is 1. The number of fused-ring (bicyclic) bond motifs is 1. The van der Waals surface area contributed by atoms with Gasteiger partial charge in [-0.3, -0.25) is 4.79 Å². The third-order valence-corrected chi connectivity index (χ3v) is 4.58. The Morgan fingerprint density at radius 1 is 1.19 bits per heavy atom. The molecule has 0 saturated carbocycles. The first kappa shape index (κ1) is 16.3. The molecule has 1 amide bonds. The summed E-state index contributed by atoms with van der Waals surface area (Å²) in [5, 5.41) is 0. The molecule has 1 fully saturated rings. The Morgan fingerprint density at radius 2 is 1.95 bits per heavy atom. The van der Waals surface area contributed by atoms with Gasteiger partial charge in [-0.1, -0.05) is 18.2 Å². The zero-order chi connectivity index (χ0) is 13.9. The number of piperidine rings is 1. The summed E-state index contributed by atoms with van der Waals surface area (Å²) in [6.07, 6.45) is 7.57. The molecule has 0 radical (unpaired) electrons. The highest BCUT2D eigenvalue weighted by Crippen LogP contribution is 2.22. The average molecular weight is 309 g/mol. The van der Waals surface area contributed by atoms with E-state index in [4.69, 9.17) is 5.73 Å². The third kappa shape index (κ3) is 3.98. The van der Waals surface area contributed by atoms with Gasteiger partial charge in [0.15, 0.2) is 0 Å². The fourth-order valence-electron chi connectivity index (χ4n) is 3.42. The molecule has 1 atom stereocenters. The van der Waals surface area contributed by atoms with Crippen LogP contribution >= 0.6 is 12.4 Å². The second-order valence-corrected chi connectivity index (χ2v) is 6.23. The summed E-state index contributed by atoms with van der Waals surface area (Å²) in [7, 11) is 0. The number of hydrogen-bond donors (Lipinski definition) is 1. The van der Waals surface area contributed by atoms with Crippen LogP contribution in [0.25, 0.3) is 0 Å². The number of halogens is 1. The molecule has 1 aromatic rings. The number of carbonyl (C=O) groups is 1. The van der Waals surface area contributed by atoms with Gasteiger partial charge in [0.05, 0.1) is 6.42 Å². The number of carbonyl (C=O) groups excluding carboxylic acids is 1. The first-order chi connectivity index (χ1) is 9.72. The zero-order valence-corrected chi connectivity index (χ0v) is 13.3. The van der Waals surface area contributed by atoms with Crippen LogP contribution in [0, 0.1) is 0 Å². The Hall–Kier alpha value is -1.06. The monoisotopic (exact) mass is 308 g/mol. The van der Waals surface area contributed by atoms with Crippen LogP contribution in [0.1, 0.15) is 42.4 Å². The Kier molecular flexibility index (Phi) is 5.65. The van der Waals surface area contributed by atoms with Crippen molar-refractivity contribution in [3.8, 4) is 0 Å². The summed E-state index contributed by atoms with van der Waals surface area (Å²) in [5.41, 5.74) is 10.0. The van der Waals surface area contributed by atoms with Gasteiger partial charge in [0.25, 0.3) is 0 Å². The number of hydrogen-bond acceptors (Lipinski definition) is 2. The highest BCUT2D eigenvalue weighted by atomic mass is 35.5. The first-order valence-electron chi connectivity index (χ1n) is 7.86. The summed E-state index contributed by atoms with van der Waals surface area (Å²) in [5.74, 6) is 0.232. The second kappa shape index (κ2) is 7.28. The van der Waals surface area contributed by atoms with Crippen LogP contribution in [-0.2, 0) is 24.1 Å². The van der Waals surface area contributed by atoms with Crippen LogP contribution in [0.5, 0.6) is 0 Å². The van der Waals surface area contributed by atoms with Crippen molar-refractivity contribution in [2.45, 2.75) is 51.0 Å². The van der Waals surface area contributed by atoms with Crippen molar-refractivity contribution in [1.29, 1.82) is 0 Å². The number of benzene rings is 1. The Balaban J connectivity index is 0.00000161. The predicted octanol–water partition coefficient (Wildman–Crippen LogP) is 2.48. The third-order valence-electron chi connectivity index (χ3n) is 4.58. The van der Waals surface area contributed by atoms with Crippen LogP contribution in [0.15, 0.2) is 18.2 Å². The van der Waals surface area contributed by atoms with E-state index in [0.717, 1.165) is 31.5 Å². The molecule has 1 unspecified atom stereocenters. The van der Waals surface area contributed by atoms with E-state index in [1.807, 2.05) is 4.90 Å². The molecule has 3 nitrogen and oxygen atoms in total. The van der Waals surface area contributed by atoms with Gasteiger partial charge in [0, 0.05) is 19.1 Å². The fraction of sp³-hybridized carbons (Fsp3) is 0.588. The molecule has 1 aliphatic carbocycles. The molecule has 4 heteroatoms. The van der Waals surface area contributed by atoms with Gasteiger partial charge in [0.2, 0.25) is 5.91 Å². The molecular weight excluding hydrogens is 284 g/mol. The van der Waals surface area contributed by atoms with Crippen molar-refractivity contribution in [3.63, 3.8) is 0 Å². The highest BCUT2D eigenvalue weighted by molar-refractivity contribution is 5.85. The molecule has 21 heavy (non-hydrogen) atoms. The van der Waals surface area contributed by atoms with E-state index >= 15 is 0 Å². The molecule has 2 N–H and O–H groups in total. The number of nitrogens with two attached hydrogens (primary N) is 1. The quantitative estimate of drug-likeness (QED) is 0.912. The molecule has 116 valence electrons. The van der Waals surface area contributed by atoms with Gasteiger partial charge in [-0.05, 0) is 55.2 Å². The lowest BCUT2D eigenvalue weighted by Gasteiger charge is -2.31. The van der Waals surface area contributed by atoms with Crippen LogP contribution in [0.3, 0.4) is 0 Å². The normalized spacial score (nSPS) is 21.4. The minimum Gasteiger partial charge on any atom is -0.341 e. The van der Waals surface area contributed by atoms with E-state index < -0.39 is 0 Å². The Labute approximate surface area is 133 Å². The largest absolute Gasteiger partial charge is 0.341 e. The number of aryl methyl sites for hydroxylation is 2. The van der Waals surface area contributed by atoms with Gasteiger partial charge in [-0.2, -0.15) is 0 Å². The lowest BCUT2D eigenvalue weighted by Crippen LogP contribution is -2.46. The summed E-state index contributed by atoms with van der Waals surface area (Å²) >= 11 is 0. The molecule has 2 aliphatic rings. The molecule has 1 aliphatic heterocycles. The van der Waals surface area contributed by atoms with Crippen molar-refractivity contribution >= 4 is 18.3 Å². The van der Waals surface area contributed by atoms with E-state index in [0.29, 0.717) is 6.42 Å². The van der Waals surface area contributed by atoms with Crippen molar-refractivity contribution in [1.82, 2.24) is 4.90 Å². The van der Waals surface area contributed by atoms with Crippen LogP contribution in [-0.4, -0.2) is 29.9 Å². The van der Waals surface area contributed by atoms with E-state index in [-0.39, 0.29) is 24.4 Å². The van der Waals surface area contributed by atoms with Gasteiger partial charge >= 0.3 is 0 Å². The fourth-order valence-corrected chi connectivity index (χ4v) is 3.42. The highest BCUT2D eigenvalue weighted by Gasteiger charge is 2.21. The average Bonchev–Trinajstić information content (AvgIpc) is 2.47. The molecule has 0 aromatic heterocycles. The number of likely N-dealkylation sites (tertiary alicyclic amines) is 1. The minimum absolute atomic E-state index is 0. The topological polar surface area (TPSA) is 46.3 Å². The van der Waals surface area contributed by atoms with Crippen LogP contribution in [0.2, 0.25) is 0 Å². The SMILES string of the molecule is Cl.NC1CCCN(C(=O)Cc2ccc3c(c2)CCCC3)C1. The Bertz CT molecular complexity index is 504. The van der Waals surface area contributed by atoms with E-state index in [1.54, 1.807) is 0 Å². The lowest BCUT2D eigenvalue weighted by atomic mass is 9.90. The molecule has 0 bridgehead atoms. The van der Waals surface area contributed by atoms with Gasteiger partial charge in [-0.25, -0.2) is 0 Å². The summed E-state index contributed by atoms with van der Waals surface area (Å²) in [6, 6.07) is 6.76. The van der Waals surface area contributed by atoms with Gasteiger partial charge in [0.1, 0.15) is 0 Å². The van der Waals surface area contributed by atoms with Crippen LogP contribution < -0.4 is 5.73 Å². The van der Waals surface area contributed by atoms with E-state index in [1.165, 1.54) is 36.8 Å². The summed E-state index contributed by atoms with van der Waals surface area (Å²) in [4.78, 5) is 14.3. The van der Waals surface area contributed by atoms with Gasteiger partial charge < -0.3 is 10.6 Å². The zero-order valence-electron chi connectivity index (χ0n) is 12.5. The van der Waals surface area contributed by atoms with Crippen LogP contribution in [0.4, 0.5) is 0 Å². The Morgan fingerprint density at radius 3 is 2.71 bits per heavy atom. The molecular formula is C17H25ClN2O. The maximum atomic E-state index is 12.4. The van der Waals surface area contributed by atoms with Gasteiger partial charge in [-0.15, -0.1) is 12.4 Å². The van der Waals surface area contributed by atoms with Crippen molar-refractivity contribution in [3.05, 3.63) is 34.9 Å². The second-order valence-electron chi connectivity index (χ2n) is 6.23. The molecule has 1 heterocycles. The lowest BCUT2D eigenvalue weighted by molar-refractivity contribution is -0.131. The molecule has 3 rings (SSSR count).